The van der Waals surface area contributed by atoms with Gasteiger partial charge in [0.2, 0.25) is 5.91 Å². The Bertz CT molecular complexity index is 1250. The van der Waals surface area contributed by atoms with Gasteiger partial charge in [0.05, 0.1) is 23.7 Å². The van der Waals surface area contributed by atoms with E-state index in [0.717, 1.165) is 40.4 Å². The van der Waals surface area contributed by atoms with Gasteiger partial charge in [-0.1, -0.05) is 36.4 Å². The number of para-hydroxylation sites is 1. The Hall–Kier alpha value is -3.39. The number of nitrogens with zero attached hydrogens (tertiary/aromatic N) is 1. The third kappa shape index (κ3) is 4.85. The number of carbonyl (C=O) groups is 1. The minimum absolute atomic E-state index is 0.0174. The van der Waals surface area contributed by atoms with Gasteiger partial charge in [0.15, 0.2) is 0 Å². The zero-order valence-electron chi connectivity index (χ0n) is 18.2. The average molecular weight is 469 g/mol. The number of aryl methyl sites for hydroxylation is 1. The van der Waals surface area contributed by atoms with E-state index in [0.29, 0.717) is 0 Å². The molecule has 33 heavy (non-hydrogen) atoms. The minimum Gasteiger partial charge on any atom is -0.497 e. The first-order valence-corrected chi connectivity index (χ1v) is 12.1. The van der Waals surface area contributed by atoms with Crippen LogP contribution >= 0.6 is 0 Å². The third-order valence-corrected chi connectivity index (χ3v) is 7.51. The molecule has 1 aliphatic carbocycles. The summed E-state index contributed by atoms with van der Waals surface area (Å²) in [6, 6.07) is 18.7. The molecule has 172 valence electrons. The van der Waals surface area contributed by atoms with Crippen LogP contribution in [0.25, 0.3) is 0 Å². The zero-order chi connectivity index (χ0) is 23.4. The quantitative estimate of drug-likeness (QED) is 0.563. The topological polar surface area (TPSA) is 75.7 Å². The highest BCUT2D eigenvalue weighted by molar-refractivity contribution is 7.92. The van der Waals surface area contributed by atoms with E-state index in [4.69, 9.17) is 4.74 Å². The Kier molecular flexibility index (Phi) is 6.65. The van der Waals surface area contributed by atoms with Crippen molar-refractivity contribution >= 4 is 21.6 Å². The van der Waals surface area contributed by atoms with Crippen molar-refractivity contribution in [2.45, 2.75) is 30.2 Å². The molecule has 6 nitrogen and oxygen atoms in total. The van der Waals surface area contributed by atoms with E-state index in [1.165, 1.54) is 36.4 Å². The maximum absolute atomic E-state index is 14.6. The number of methoxy groups -OCH3 is 1. The Balaban J connectivity index is 1.62. The third-order valence-electron chi connectivity index (χ3n) is 5.74. The van der Waals surface area contributed by atoms with E-state index in [-0.39, 0.29) is 16.6 Å². The summed E-state index contributed by atoms with van der Waals surface area (Å²) in [5, 5.41) is 2.95. The Morgan fingerprint density at radius 1 is 1.09 bits per heavy atom. The monoisotopic (exact) mass is 468 g/mol. The fourth-order valence-electron chi connectivity index (χ4n) is 4.11. The molecule has 0 saturated heterocycles. The van der Waals surface area contributed by atoms with Gasteiger partial charge in [-0.05, 0) is 66.8 Å². The normalized spacial score (nSPS) is 15.4. The number of anilines is 1. The van der Waals surface area contributed by atoms with Gasteiger partial charge >= 0.3 is 0 Å². The SMILES string of the molecule is COc1ccc2c(c1)CCCC2NC(=O)CN(c1ccccc1F)S(=O)(=O)c1ccccc1. The van der Waals surface area contributed by atoms with Crippen molar-refractivity contribution in [1.82, 2.24) is 5.32 Å². The number of carbonyl (C=O) groups excluding carboxylic acids is 1. The predicted molar refractivity (Wildman–Crippen MR) is 124 cm³/mol. The first-order chi connectivity index (χ1) is 15.9. The van der Waals surface area contributed by atoms with Gasteiger partial charge in [-0.15, -0.1) is 0 Å². The largest absolute Gasteiger partial charge is 0.497 e. The number of sulfonamides is 1. The lowest BCUT2D eigenvalue weighted by molar-refractivity contribution is -0.120. The second-order valence-electron chi connectivity index (χ2n) is 7.85. The van der Waals surface area contributed by atoms with Crippen LogP contribution in [0.4, 0.5) is 10.1 Å². The van der Waals surface area contributed by atoms with Gasteiger partial charge in [0.1, 0.15) is 18.1 Å². The summed E-state index contributed by atoms with van der Waals surface area (Å²) in [7, 11) is -2.56. The molecule has 0 fully saturated rings. The number of fused-ring (bicyclic) bond motifs is 1. The highest BCUT2D eigenvalue weighted by Crippen LogP contribution is 2.32. The van der Waals surface area contributed by atoms with Crippen LogP contribution in [0.15, 0.2) is 77.7 Å². The Morgan fingerprint density at radius 3 is 2.55 bits per heavy atom. The number of ether oxygens (including phenoxy) is 1. The Labute approximate surface area is 193 Å². The number of halogens is 1. The molecular weight excluding hydrogens is 443 g/mol. The molecule has 1 N–H and O–H groups in total. The standard InChI is InChI=1S/C25H25FN2O4S/c1-32-19-14-15-21-18(16-19)8-7-12-23(21)27-25(29)17-28(24-13-6-5-11-22(24)26)33(30,31)20-9-3-2-4-10-20/h2-6,9-11,13-16,23H,7-8,12,17H2,1H3,(H,27,29). The molecule has 0 radical (unpaired) electrons. The summed E-state index contributed by atoms with van der Waals surface area (Å²) in [4.78, 5) is 13.0. The number of rotatable bonds is 7. The molecule has 0 aliphatic heterocycles. The van der Waals surface area contributed by atoms with E-state index in [9.17, 15) is 17.6 Å². The molecule has 4 rings (SSSR count). The van der Waals surface area contributed by atoms with Gasteiger partial charge in [0, 0.05) is 0 Å². The van der Waals surface area contributed by atoms with Gasteiger partial charge in [-0.25, -0.2) is 12.8 Å². The lowest BCUT2D eigenvalue weighted by Crippen LogP contribution is -2.42. The maximum Gasteiger partial charge on any atom is 0.264 e. The van der Waals surface area contributed by atoms with Crippen LogP contribution in [0.5, 0.6) is 5.75 Å². The van der Waals surface area contributed by atoms with Crippen LogP contribution < -0.4 is 14.4 Å². The molecule has 0 bridgehead atoms. The van der Waals surface area contributed by atoms with E-state index in [2.05, 4.69) is 5.32 Å². The fourth-order valence-corrected chi connectivity index (χ4v) is 5.56. The number of amides is 1. The predicted octanol–water partition coefficient (Wildman–Crippen LogP) is 4.22. The van der Waals surface area contributed by atoms with Crippen molar-refractivity contribution in [1.29, 1.82) is 0 Å². The molecule has 3 aromatic rings. The van der Waals surface area contributed by atoms with E-state index < -0.39 is 28.3 Å². The number of hydrogen-bond acceptors (Lipinski definition) is 4. The second kappa shape index (κ2) is 9.62. The number of hydrogen-bond donors (Lipinski definition) is 1. The van der Waals surface area contributed by atoms with Crippen LogP contribution in [-0.4, -0.2) is 28.0 Å². The van der Waals surface area contributed by atoms with Crippen molar-refractivity contribution in [3.05, 3.63) is 89.7 Å². The fraction of sp³-hybridized carbons (Fsp3) is 0.240. The van der Waals surface area contributed by atoms with E-state index >= 15 is 0 Å². The summed E-state index contributed by atoms with van der Waals surface area (Å²) >= 11 is 0. The zero-order valence-corrected chi connectivity index (χ0v) is 19.0. The van der Waals surface area contributed by atoms with Crippen LogP contribution in [0.2, 0.25) is 0 Å². The lowest BCUT2D eigenvalue weighted by atomic mass is 9.87. The minimum atomic E-state index is -4.17. The van der Waals surface area contributed by atoms with E-state index in [1.807, 2.05) is 18.2 Å². The van der Waals surface area contributed by atoms with Crippen LogP contribution in [0, 0.1) is 5.82 Å². The van der Waals surface area contributed by atoms with Gasteiger partial charge in [0.25, 0.3) is 10.0 Å². The molecule has 0 aromatic heterocycles. The highest BCUT2D eigenvalue weighted by atomic mass is 32.2. The molecule has 1 amide bonds. The van der Waals surface area contributed by atoms with Crippen molar-refractivity contribution in [3.8, 4) is 5.75 Å². The molecule has 1 aliphatic rings. The summed E-state index contributed by atoms with van der Waals surface area (Å²) in [6.07, 6.45) is 2.49. The van der Waals surface area contributed by atoms with Gasteiger partial charge in [-0.2, -0.15) is 0 Å². The molecule has 8 heteroatoms. The van der Waals surface area contributed by atoms with Crippen molar-refractivity contribution in [2.75, 3.05) is 18.0 Å². The molecule has 1 unspecified atom stereocenters. The van der Waals surface area contributed by atoms with Crippen molar-refractivity contribution < 1.29 is 22.3 Å². The van der Waals surface area contributed by atoms with Crippen LogP contribution in [0.1, 0.15) is 30.0 Å². The molecular formula is C25H25FN2O4S. The summed E-state index contributed by atoms with van der Waals surface area (Å²) < 4.78 is 47.4. The number of benzene rings is 3. The van der Waals surface area contributed by atoms with E-state index in [1.54, 1.807) is 25.3 Å². The first kappa shape index (κ1) is 22.8. The summed E-state index contributed by atoms with van der Waals surface area (Å²) in [5.74, 6) is -0.480. The number of nitrogens with one attached hydrogen (secondary N) is 1. The van der Waals surface area contributed by atoms with Crippen LogP contribution in [-0.2, 0) is 21.2 Å². The van der Waals surface area contributed by atoms with Crippen molar-refractivity contribution in [2.24, 2.45) is 0 Å². The highest BCUT2D eigenvalue weighted by Gasteiger charge is 2.30. The second-order valence-corrected chi connectivity index (χ2v) is 9.72. The molecule has 3 aromatic carbocycles. The summed E-state index contributed by atoms with van der Waals surface area (Å²) in [5.41, 5.74) is 1.90. The first-order valence-electron chi connectivity index (χ1n) is 10.7. The average Bonchev–Trinajstić information content (AvgIpc) is 2.83. The molecule has 0 spiro atoms. The van der Waals surface area contributed by atoms with Crippen molar-refractivity contribution in [3.63, 3.8) is 0 Å². The smallest absolute Gasteiger partial charge is 0.264 e. The Morgan fingerprint density at radius 2 is 1.82 bits per heavy atom. The molecule has 0 saturated carbocycles. The molecule has 0 heterocycles. The summed E-state index contributed by atoms with van der Waals surface area (Å²) in [6.45, 7) is -0.542. The lowest BCUT2D eigenvalue weighted by Gasteiger charge is -2.29. The maximum atomic E-state index is 14.6. The van der Waals surface area contributed by atoms with Gasteiger partial charge < -0.3 is 10.1 Å². The van der Waals surface area contributed by atoms with Gasteiger partial charge in [-0.3, -0.25) is 9.10 Å². The van der Waals surface area contributed by atoms with Crippen LogP contribution in [0.3, 0.4) is 0 Å². The molecule has 1 atom stereocenters.